The Morgan fingerprint density at radius 2 is 2.11 bits per heavy atom. The highest BCUT2D eigenvalue weighted by molar-refractivity contribution is 6.07. The van der Waals surface area contributed by atoms with Crippen molar-refractivity contribution in [1.29, 1.82) is 0 Å². The van der Waals surface area contributed by atoms with E-state index in [1.54, 1.807) is 18.5 Å². The molecular formula is C19H24ClN5O3. The Labute approximate surface area is 169 Å². The van der Waals surface area contributed by atoms with Gasteiger partial charge < -0.3 is 15.2 Å². The Morgan fingerprint density at radius 1 is 1.32 bits per heavy atom. The molecule has 2 aliphatic rings. The van der Waals surface area contributed by atoms with Crippen LogP contribution in [0.25, 0.3) is 11.3 Å². The van der Waals surface area contributed by atoms with Gasteiger partial charge in [0.15, 0.2) is 5.76 Å². The van der Waals surface area contributed by atoms with Crippen LogP contribution in [0.2, 0.25) is 0 Å². The molecule has 2 N–H and O–H groups in total. The summed E-state index contributed by atoms with van der Waals surface area (Å²) < 4.78 is 5.36. The number of carbonyl (C=O) groups is 2. The molecule has 2 fully saturated rings. The first-order valence-electron chi connectivity index (χ1n) is 9.35. The fourth-order valence-corrected chi connectivity index (χ4v) is 4.10. The van der Waals surface area contributed by atoms with Crippen molar-refractivity contribution in [3.05, 3.63) is 36.4 Å². The van der Waals surface area contributed by atoms with E-state index in [9.17, 15) is 9.59 Å². The number of nitrogens with zero attached hydrogens (tertiary/aromatic N) is 3. The van der Waals surface area contributed by atoms with Gasteiger partial charge in [0.05, 0.1) is 6.54 Å². The van der Waals surface area contributed by atoms with Crippen LogP contribution < -0.4 is 10.6 Å². The maximum Gasteiger partial charge on any atom is 0.325 e. The van der Waals surface area contributed by atoms with Crippen molar-refractivity contribution in [3.8, 4) is 11.3 Å². The van der Waals surface area contributed by atoms with E-state index in [1.807, 2.05) is 19.1 Å². The Kier molecular flexibility index (Phi) is 6.00. The third kappa shape index (κ3) is 3.49. The van der Waals surface area contributed by atoms with Gasteiger partial charge in [0, 0.05) is 24.0 Å². The van der Waals surface area contributed by atoms with Crippen LogP contribution in [0, 0.1) is 5.92 Å². The molecule has 150 valence electrons. The third-order valence-electron chi connectivity index (χ3n) is 5.63. The van der Waals surface area contributed by atoms with E-state index in [0.29, 0.717) is 17.9 Å². The minimum Gasteiger partial charge on any atom is -0.359 e. The number of urea groups is 1. The van der Waals surface area contributed by atoms with Crippen LogP contribution in [0.1, 0.15) is 31.9 Å². The van der Waals surface area contributed by atoms with E-state index in [2.05, 4.69) is 20.8 Å². The number of amides is 3. The lowest BCUT2D eigenvalue weighted by molar-refractivity contribution is -0.134. The maximum atomic E-state index is 13.2. The number of pyridine rings is 1. The van der Waals surface area contributed by atoms with Crippen molar-refractivity contribution >= 4 is 24.3 Å². The van der Waals surface area contributed by atoms with Gasteiger partial charge in [0.25, 0.3) is 5.91 Å². The van der Waals surface area contributed by atoms with Crippen LogP contribution in [0.4, 0.5) is 4.79 Å². The van der Waals surface area contributed by atoms with Crippen molar-refractivity contribution in [2.24, 2.45) is 5.92 Å². The van der Waals surface area contributed by atoms with Crippen molar-refractivity contribution in [3.63, 3.8) is 0 Å². The summed E-state index contributed by atoms with van der Waals surface area (Å²) in [4.78, 5) is 31.1. The lowest BCUT2D eigenvalue weighted by Gasteiger charge is -2.37. The summed E-state index contributed by atoms with van der Waals surface area (Å²) in [6.45, 7) is 3.77. The molecule has 4 heterocycles. The van der Waals surface area contributed by atoms with Crippen molar-refractivity contribution < 1.29 is 14.1 Å². The molecule has 0 spiro atoms. The number of hydrogen-bond donors (Lipinski definition) is 2. The van der Waals surface area contributed by atoms with E-state index < -0.39 is 5.54 Å². The van der Waals surface area contributed by atoms with Gasteiger partial charge in [-0.3, -0.25) is 14.7 Å². The molecule has 3 amide bonds. The Balaban J connectivity index is 0.00000225. The molecule has 0 radical (unpaired) electrons. The molecule has 0 bridgehead atoms. The van der Waals surface area contributed by atoms with E-state index in [0.717, 1.165) is 31.5 Å². The molecule has 1 atom stereocenters. The summed E-state index contributed by atoms with van der Waals surface area (Å²) in [7, 11) is 0. The molecule has 2 aromatic heterocycles. The minimum atomic E-state index is -0.814. The highest BCUT2D eigenvalue weighted by Crippen LogP contribution is 2.35. The van der Waals surface area contributed by atoms with Crippen molar-refractivity contribution in [2.75, 3.05) is 13.1 Å². The molecule has 0 saturated carbocycles. The summed E-state index contributed by atoms with van der Waals surface area (Å²) in [5, 5.41) is 10.3. The summed E-state index contributed by atoms with van der Waals surface area (Å²) in [6, 6.07) is 5.07. The van der Waals surface area contributed by atoms with Gasteiger partial charge in [-0.1, -0.05) is 12.1 Å². The highest BCUT2D eigenvalue weighted by atomic mass is 35.5. The second-order valence-corrected chi connectivity index (χ2v) is 7.09. The number of carbonyl (C=O) groups excluding carboxylic acids is 2. The second kappa shape index (κ2) is 8.28. The maximum absolute atomic E-state index is 13.2. The van der Waals surface area contributed by atoms with Gasteiger partial charge in [-0.05, 0) is 50.4 Å². The molecule has 2 saturated heterocycles. The average Bonchev–Trinajstić information content (AvgIpc) is 3.28. The fourth-order valence-electron chi connectivity index (χ4n) is 4.10. The van der Waals surface area contributed by atoms with E-state index >= 15 is 0 Å². The number of halogens is 1. The molecule has 4 rings (SSSR count). The Bertz CT molecular complexity index is 837. The van der Waals surface area contributed by atoms with E-state index in [4.69, 9.17) is 4.52 Å². The zero-order valence-electron chi connectivity index (χ0n) is 15.7. The van der Waals surface area contributed by atoms with Gasteiger partial charge in [-0.25, -0.2) is 4.79 Å². The fraction of sp³-hybridized carbons (Fsp3) is 0.474. The molecular weight excluding hydrogens is 382 g/mol. The third-order valence-corrected chi connectivity index (χ3v) is 5.63. The van der Waals surface area contributed by atoms with Crippen LogP contribution >= 0.6 is 12.4 Å². The quantitative estimate of drug-likeness (QED) is 0.740. The number of imide groups is 1. The molecule has 2 aromatic rings. The number of rotatable bonds is 5. The second-order valence-electron chi connectivity index (χ2n) is 7.09. The van der Waals surface area contributed by atoms with Crippen LogP contribution in [0.15, 0.2) is 35.1 Å². The van der Waals surface area contributed by atoms with Crippen LogP contribution in [-0.4, -0.2) is 45.6 Å². The van der Waals surface area contributed by atoms with Gasteiger partial charge in [-0.15, -0.1) is 12.4 Å². The first-order valence-corrected chi connectivity index (χ1v) is 9.35. The highest BCUT2D eigenvalue weighted by Gasteiger charge is 2.54. The predicted molar refractivity (Wildman–Crippen MR) is 105 cm³/mol. The van der Waals surface area contributed by atoms with Crippen molar-refractivity contribution in [2.45, 2.75) is 38.3 Å². The predicted octanol–water partition coefficient (Wildman–Crippen LogP) is 2.36. The first-order chi connectivity index (χ1) is 13.1. The minimum absolute atomic E-state index is 0. The zero-order chi connectivity index (χ0) is 18.9. The topological polar surface area (TPSA) is 100 Å². The van der Waals surface area contributed by atoms with Gasteiger partial charge in [-0.2, -0.15) is 0 Å². The van der Waals surface area contributed by atoms with Crippen LogP contribution in [-0.2, 0) is 11.3 Å². The molecule has 8 nitrogen and oxygen atoms in total. The lowest BCUT2D eigenvalue weighted by Crippen LogP contribution is -2.55. The smallest absolute Gasteiger partial charge is 0.325 e. The first kappa shape index (κ1) is 20.3. The number of hydrogen-bond acceptors (Lipinski definition) is 6. The molecule has 28 heavy (non-hydrogen) atoms. The molecule has 0 aromatic carbocycles. The Morgan fingerprint density at radius 3 is 2.79 bits per heavy atom. The standard InChI is InChI=1S/C19H23N5O3.ClH/c1-2-19(14-5-8-20-9-6-14)17(25)24(18(26)22-19)12-15-10-16(23-27-15)13-4-3-7-21-11-13;/h3-4,7,10-11,14,20H,2,5-6,8-9,12H2,1H3,(H,22,26);1H. The largest absolute Gasteiger partial charge is 0.359 e. The molecule has 0 aliphatic carbocycles. The summed E-state index contributed by atoms with van der Waals surface area (Å²) >= 11 is 0. The SMILES string of the molecule is CCC1(C2CCNCC2)NC(=O)N(Cc2cc(-c3cccnc3)no2)C1=O.Cl. The van der Waals surface area contributed by atoms with Crippen molar-refractivity contribution in [1.82, 2.24) is 25.7 Å². The van der Waals surface area contributed by atoms with Crippen LogP contribution in [0.5, 0.6) is 0 Å². The average molecular weight is 406 g/mol. The Hall–Kier alpha value is -2.45. The number of nitrogens with one attached hydrogen (secondary N) is 2. The summed E-state index contributed by atoms with van der Waals surface area (Å²) in [5.74, 6) is 0.446. The molecule has 2 aliphatic heterocycles. The normalized spacial score (nSPS) is 22.8. The summed E-state index contributed by atoms with van der Waals surface area (Å²) in [5.41, 5.74) is 0.637. The van der Waals surface area contributed by atoms with Gasteiger partial charge >= 0.3 is 6.03 Å². The number of aromatic nitrogens is 2. The molecule has 9 heteroatoms. The van der Waals surface area contributed by atoms with Gasteiger partial charge in [0.2, 0.25) is 0 Å². The van der Waals surface area contributed by atoms with E-state index in [1.165, 1.54) is 4.90 Å². The molecule has 1 unspecified atom stereocenters. The van der Waals surface area contributed by atoms with Gasteiger partial charge in [0.1, 0.15) is 11.2 Å². The van der Waals surface area contributed by atoms with Crippen LogP contribution in [0.3, 0.4) is 0 Å². The summed E-state index contributed by atoms with van der Waals surface area (Å²) in [6.07, 6.45) is 5.70. The lowest BCUT2D eigenvalue weighted by atomic mass is 9.76. The van der Waals surface area contributed by atoms with E-state index in [-0.39, 0.29) is 36.8 Å². The monoisotopic (exact) mass is 405 g/mol. The zero-order valence-corrected chi connectivity index (χ0v) is 16.5. The number of piperidine rings is 1.